The lowest BCUT2D eigenvalue weighted by molar-refractivity contribution is -0.116. The van der Waals surface area contributed by atoms with E-state index < -0.39 is 0 Å². The molecule has 0 fully saturated rings. The second-order valence-electron chi connectivity index (χ2n) is 4.48. The maximum Gasteiger partial charge on any atom is 0.224 e. The summed E-state index contributed by atoms with van der Waals surface area (Å²) >= 11 is 0. The average Bonchev–Trinajstić information content (AvgIpc) is 2.46. The van der Waals surface area contributed by atoms with Gasteiger partial charge in [-0.15, -0.1) is 0 Å². The van der Waals surface area contributed by atoms with E-state index in [-0.39, 0.29) is 12.5 Å². The van der Waals surface area contributed by atoms with Crippen molar-refractivity contribution in [2.24, 2.45) is 0 Å². The lowest BCUT2D eigenvalue weighted by Crippen LogP contribution is -2.20. The molecule has 20 heavy (non-hydrogen) atoms. The van der Waals surface area contributed by atoms with Gasteiger partial charge >= 0.3 is 0 Å². The zero-order valence-corrected chi connectivity index (χ0v) is 11.5. The number of amides is 1. The molecule has 2 rings (SSSR count). The second kappa shape index (κ2) is 6.96. The van der Waals surface area contributed by atoms with Gasteiger partial charge < -0.3 is 19.9 Å². The van der Waals surface area contributed by atoms with Crippen LogP contribution >= 0.6 is 0 Å². The second-order valence-corrected chi connectivity index (χ2v) is 4.48. The summed E-state index contributed by atoms with van der Waals surface area (Å²) in [5.41, 5.74) is 1.63. The summed E-state index contributed by atoms with van der Waals surface area (Å²) in [5.74, 6) is 1.33. The monoisotopic (exact) mass is 277 g/mol. The molecule has 5 nitrogen and oxygen atoms in total. The third-order valence-electron chi connectivity index (χ3n) is 2.99. The molecule has 1 amide bonds. The maximum absolute atomic E-state index is 11.6. The Morgan fingerprint density at radius 1 is 1.35 bits per heavy atom. The normalized spacial score (nSPS) is 14.0. The zero-order chi connectivity index (χ0) is 14.4. The van der Waals surface area contributed by atoms with E-state index in [0.717, 1.165) is 11.3 Å². The van der Waals surface area contributed by atoms with E-state index >= 15 is 0 Å². The number of carbonyl (C=O) groups excluding carboxylic acids is 1. The highest BCUT2D eigenvalue weighted by Crippen LogP contribution is 2.39. The molecule has 1 aromatic rings. The van der Waals surface area contributed by atoms with Gasteiger partial charge in [-0.1, -0.05) is 6.08 Å². The smallest absolute Gasteiger partial charge is 0.224 e. The Hall–Kier alpha value is -2.01. The number of allylic oxidation sites excluding steroid dienone is 1. The predicted molar refractivity (Wildman–Crippen MR) is 76.0 cm³/mol. The molecule has 5 heteroatoms. The van der Waals surface area contributed by atoms with Crippen molar-refractivity contribution in [1.82, 2.24) is 0 Å². The van der Waals surface area contributed by atoms with E-state index in [0.29, 0.717) is 37.3 Å². The molecule has 1 heterocycles. The van der Waals surface area contributed by atoms with Crippen molar-refractivity contribution < 1.29 is 19.4 Å². The quantitative estimate of drug-likeness (QED) is 0.618. The molecule has 0 aromatic heterocycles. The Morgan fingerprint density at radius 3 is 2.90 bits per heavy atom. The van der Waals surface area contributed by atoms with Crippen LogP contribution in [0.2, 0.25) is 0 Å². The summed E-state index contributed by atoms with van der Waals surface area (Å²) in [7, 11) is 0. The molecule has 0 saturated heterocycles. The standard InChI is InChI=1S/C15H19NO4/c1-2-9-19-13-6-5-12(20-10-3-8-17)11-4-7-14(18)16-15(11)13/h2,5-6,9,17H,3-4,7-8,10H2,1H3,(H,16,18). The molecule has 0 atom stereocenters. The van der Waals surface area contributed by atoms with Crippen molar-refractivity contribution in [1.29, 1.82) is 0 Å². The molecular weight excluding hydrogens is 258 g/mol. The van der Waals surface area contributed by atoms with Crippen molar-refractivity contribution in [3.8, 4) is 11.5 Å². The fourth-order valence-corrected chi connectivity index (χ4v) is 2.05. The molecule has 1 aliphatic heterocycles. The number of fused-ring (bicyclic) bond motifs is 1. The van der Waals surface area contributed by atoms with E-state index in [1.54, 1.807) is 18.4 Å². The topological polar surface area (TPSA) is 67.8 Å². The zero-order valence-electron chi connectivity index (χ0n) is 11.5. The van der Waals surface area contributed by atoms with Gasteiger partial charge in [0.1, 0.15) is 5.75 Å². The van der Waals surface area contributed by atoms with Gasteiger partial charge in [-0.3, -0.25) is 4.79 Å². The summed E-state index contributed by atoms with van der Waals surface area (Å²) in [6.07, 6.45) is 5.00. The Balaban J connectivity index is 2.27. The van der Waals surface area contributed by atoms with Crippen molar-refractivity contribution in [3.63, 3.8) is 0 Å². The largest absolute Gasteiger partial charge is 0.493 e. The molecule has 0 saturated carbocycles. The third kappa shape index (κ3) is 3.30. The molecular formula is C15H19NO4. The number of ether oxygens (including phenoxy) is 2. The summed E-state index contributed by atoms with van der Waals surface area (Å²) in [6.45, 7) is 2.41. The summed E-state index contributed by atoms with van der Waals surface area (Å²) in [6, 6.07) is 3.62. The van der Waals surface area contributed by atoms with Crippen LogP contribution < -0.4 is 14.8 Å². The summed E-state index contributed by atoms with van der Waals surface area (Å²) < 4.78 is 11.1. The Morgan fingerprint density at radius 2 is 2.15 bits per heavy atom. The van der Waals surface area contributed by atoms with Crippen molar-refractivity contribution >= 4 is 11.6 Å². The van der Waals surface area contributed by atoms with Gasteiger partial charge in [-0.2, -0.15) is 0 Å². The van der Waals surface area contributed by atoms with Crippen LogP contribution in [-0.2, 0) is 11.2 Å². The Bertz CT molecular complexity index is 511. The molecule has 108 valence electrons. The first-order chi connectivity index (χ1) is 9.76. The van der Waals surface area contributed by atoms with Crippen LogP contribution in [0.4, 0.5) is 5.69 Å². The number of anilines is 1. The van der Waals surface area contributed by atoms with Crippen LogP contribution in [0.5, 0.6) is 11.5 Å². The number of carbonyl (C=O) groups is 1. The number of nitrogens with one attached hydrogen (secondary N) is 1. The van der Waals surface area contributed by atoms with E-state index in [1.165, 1.54) is 0 Å². The minimum atomic E-state index is -0.0182. The molecule has 2 N–H and O–H groups in total. The van der Waals surface area contributed by atoms with Gasteiger partial charge in [0.25, 0.3) is 0 Å². The van der Waals surface area contributed by atoms with Gasteiger partial charge in [0.2, 0.25) is 5.91 Å². The Kier molecular flexibility index (Phi) is 5.01. The minimum absolute atomic E-state index is 0.0182. The predicted octanol–water partition coefficient (Wildman–Crippen LogP) is 2.24. The maximum atomic E-state index is 11.6. The molecule has 0 spiro atoms. The highest BCUT2D eigenvalue weighted by atomic mass is 16.5. The van der Waals surface area contributed by atoms with Gasteiger partial charge in [0, 0.05) is 25.0 Å². The number of aliphatic hydroxyl groups excluding tert-OH is 1. The average molecular weight is 277 g/mol. The van der Waals surface area contributed by atoms with Crippen LogP contribution in [-0.4, -0.2) is 24.2 Å². The van der Waals surface area contributed by atoms with E-state index in [1.807, 2.05) is 13.0 Å². The highest BCUT2D eigenvalue weighted by molar-refractivity contribution is 5.96. The van der Waals surface area contributed by atoms with Crippen molar-refractivity contribution in [2.75, 3.05) is 18.5 Å². The Labute approximate surface area is 118 Å². The number of rotatable bonds is 6. The van der Waals surface area contributed by atoms with Crippen LogP contribution in [0.3, 0.4) is 0 Å². The van der Waals surface area contributed by atoms with Crippen LogP contribution in [0.1, 0.15) is 25.3 Å². The summed E-state index contributed by atoms with van der Waals surface area (Å²) in [4.78, 5) is 11.6. The first kappa shape index (κ1) is 14.4. The van der Waals surface area contributed by atoms with E-state index in [4.69, 9.17) is 14.6 Å². The third-order valence-corrected chi connectivity index (χ3v) is 2.99. The van der Waals surface area contributed by atoms with Gasteiger partial charge in [-0.05, 0) is 25.5 Å². The van der Waals surface area contributed by atoms with Crippen molar-refractivity contribution in [3.05, 3.63) is 30.0 Å². The van der Waals surface area contributed by atoms with Gasteiger partial charge in [0.15, 0.2) is 5.75 Å². The van der Waals surface area contributed by atoms with Crippen LogP contribution in [0.15, 0.2) is 24.5 Å². The van der Waals surface area contributed by atoms with Gasteiger partial charge in [0.05, 0.1) is 18.6 Å². The molecule has 1 aliphatic rings. The molecule has 1 aromatic carbocycles. The van der Waals surface area contributed by atoms with Crippen molar-refractivity contribution in [2.45, 2.75) is 26.2 Å². The van der Waals surface area contributed by atoms with E-state index in [2.05, 4.69) is 5.32 Å². The highest BCUT2D eigenvalue weighted by Gasteiger charge is 2.22. The first-order valence-electron chi connectivity index (χ1n) is 6.73. The number of hydrogen-bond acceptors (Lipinski definition) is 4. The fourth-order valence-electron chi connectivity index (χ4n) is 2.05. The molecule has 0 unspecified atom stereocenters. The van der Waals surface area contributed by atoms with Crippen LogP contribution in [0, 0.1) is 0 Å². The fraction of sp³-hybridized carbons (Fsp3) is 0.400. The van der Waals surface area contributed by atoms with Gasteiger partial charge in [-0.25, -0.2) is 0 Å². The minimum Gasteiger partial charge on any atom is -0.493 e. The lowest BCUT2D eigenvalue weighted by Gasteiger charge is -2.22. The number of aliphatic hydroxyl groups is 1. The van der Waals surface area contributed by atoms with E-state index in [9.17, 15) is 4.79 Å². The summed E-state index contributed by atoms with van der Waals surface area (Å²) in [5, 5.41) is 11.6. The first-order valence-corrected chi connectivity index (χ1v) is 6.73. The number of benzene rings is 1. The SMILES string of the molecule is CC=COc1ccc(OCCCO)c2c1NC(=O)CC2. The molecule has 0 radical (unpaired) electrons. The molecule has 0 bridgehead atoms. The van der Waals surface area contributed by atoms with Crippen LogP contribution in [0.25, 0.3) is 0 Å². The number of hydrogen-bond donors (Lipinski definition) is 2. The lowest BCUT2D eigenvalue weighted by atomic mass is 10.0. The molecule has 0 aliphatic carbocycles.